The zero-order chi connectivity index (χ0) is 14.5. The average molecular weight is 335 g/mol. The van der Waals surface area contributed by atoms with Crippen LogP contribution in [0.1, 0.15) is 31.3 Å². The highest BCUT2D eigenvalue weighted by atomic mass is 79.9. The van der Waals surface area contributed by atoms with Crippen molar-refractivity contribution in [3.8, 4) is 0 Å². The Labute approximate surface area is 128 Å². The zero-order valence-corrected chi connectivity index (χ0v) is 13.5. The van der Waals surface area contributed by atoms with Crippen molar-refractivity contribution in [3.63, 3.8) is 0 Å². The molecular weight excluding hydrogens is 316 g/mol. The summed E-state index contributed by atoms with van der Waals surface area (Å²) in [5, 5.41) is 6.49. The molecule has 1 unspecified atom stereocenters. The fraction of sp³-hybridized carbons (Fsp3) is 0.333. The van der Waals surface area contributed by atoms with Gasteiger partial charge in [0, 0.05) is 30.0 Å². The van der Waals surface area contributed by atoms with Gasteiger partial charge in [-0.2, -0.15) is 0 Å². The molecule has 0 fully saturated rings. The quantitative estimate of drug-likeness (QED) is 0.867. The second-order valence-corrected chi connectivity index (χ2v) is 5.49. The lowest BCUT2D eigenvalue weighted by Gasteiger charge is -2.16. The van der Waals surface area contributed by atoms with Crippen molar-refractivity contribution >= 4 is 27.6 Å². The van der Waals surface area contributed by atoms with E-state index in [4.69, 9.17) is 0 Å². The molecular formula is C15H19BrN4. The van der Waals surface area contributed by atoms with E-state index in [1.165, 1.54) is 5.56 Å². The molecule has 5 heteroatoms. The highest BCUT2D eigenvalue weighted by Crippen LogP contribution is 2.21. The first-order chi connectivity index (χ1) is 9.62. The van der Waals surface area contributed by atoms with Gasteiger partial charge in [-0.15, -0.1) is 0 Å². The van der Waals surface area contributed by atoms with Crippen LogP contribution < -0.4 is 10.6 Å². The number of rotatable bonds is 5. The smallest absolute Gasteiger partial charge is 0.132 e. The third-order valence-corrected chi connectivity index (χ3v) is 3.61. The predicted octanol–water partition coefficient (Wildman–Crippen LogP) is 4.02. The summed E-state index contributed by atoms with van der Waals surface area (Å²) >= 11 is 3.45. The van der Waals surface area contributed by atoms with Crippen LogP contribution in [0.5, 0.6) is 0 Å². The molecule has 106 valence electrons. The Morgan fingerprint density at radius 2 is 1.80 bits per heavy atom. The Morgan fingerprint density at radius 1 is 1.15 bits per heavy atom. The highest BCUT2D eigenvalue weighted by molar-refractivity contribution is 9.10. The predicted molar refractivity (Wildman–Crippen MR) is 87.1 cm³/mol. The first-order valence-electron chi connectivity index (χ1n) is 6.70. The van der Waals surface area contributed by atoms with Crippen LogP contribution in [-0.4, -0.2) is 17.0 Å². The molecule has 20 heavy (non-hydrogen) atoms. The monoisotopic (exact) mass is 334 g/mol. The summed E-state index contributed by atoms with van der Waals surface area (Å²) in [5.41, 5.74) is 1.22. The number of hydrogen-bond acceptors (Lipinski definition) is 4. The summed E-state index contributed by atoms with van der Waals surface area (Å²) in [6, 6.07) is 10.4. The first kappa shape index (κ1) is 14.8. The molecule has 1 atom stereocenters. The molecule has 4 nitrogen and oxygen atoms in total. The normalized spacial score (nSPS) is 12.0. The van der Waals surface area contributed by atoms with Crippen molar-refractivity contribution in [1.82, 2.24) is 9.97 Å². The molecule has 0 aliphatic rings. The molecule has 2 aromatic rings. The Balaban J connectivity index is 2.18. The summed E-state index contributed by atoms with van der Waals surface area (Å²) in [5.74, 6) is 2.52. The van der Waals surface area contributed by atoms with Crippen LogP contribution in [0.25, 0.3) is 0 Å². The molecule has 0 saturated heterocycles. The van der Waals surface area contributed by atoms with E-state index in [1.54, 1.807) is 0 Å². The van der Waals surface area contributed by atoms with E-state index >= 15 is 0 Å². The van der Waals surface area contributed by atoms with E-state index in [2.05, 4.69) is 62.5 Å². The van der Waals surface area contributed by atoms with Crippen LogP contribution in [0.15, 0.2) is 34.8 Å². The summed E-state index contributed by atoms with van der Waals surface area (Å²) in [7, 11) is 1.86. The summed E-state index contributed by atoms with van der Waals surface area (Å²) in [6.45, 7) is 4.17. The average Bonchev–Trinajstić information content (AvgIpc) is 2.47. The number of anilines is 2. The Kier molecular flexibility index (Phi) is 4.95. The number of hydrogen-bond donors (Lipinski definition) is 2. The van der Waals surface area contributed by atoms with Crippen LogP contribution in [0.3, 0.4) is 0 Å². The van der Waals surface area contributed by atoms with Crippen molar-refractivity contribution in [3.05, 3.63) is 46.2 Å². The molecule has 0 amide bonds. The highest BCUT2D eigenvalue weighted by Gasteiger charge is 2.08. The summed E-state index contributed by atoms with van der Waals surface area (Å²) in [6.07, 6.45) is 0.816. The molecule has 1 aromatic carbocycles. The maximum atomic E-state index is 4.51. The zero-order valence-electron chi connectivity index (χ0n) is 11.9. The number of halogens is 1. The SMILES string of the molecule is CCc1nc(NC)cc(NC(C)c2ccc(Br)cc2)n1. The molecule has 2 rings (SSSR count). The third kappa shape index (κ3) is 3.70. The Hall–Kier alpha value is -1.62. The van der Waals surface area contributed by atoms with Crippen LogP contribution in [0.2, 0.25) is 0 Å². The third-order valence-electron chi connectivity index (χ3n) is 3.08. The van der Waals surface area contributed by atoms with Gasteiger partial charge in [0.1, 0.15) is 17.5 Å². The number of aromatic nitrogens is 2. The Bertz CT molecular complexity index is 546. The lowest BCUT2D eigenvalue weighted by molar-refractivity contribution is 0.857. The number of aryl methyl sites for hydroxylation is 1. The molecule has 0 aliphatic carbocycles. The van der Waals surface area contributed by atoms with Crippen molar-refractivity contribution < 1.29 is 0 Å². The molecule has 0 spiro atoms. The molecule has 1 heterocycles. The molecule has 0 radical (unpaired) electrons. The van der Waals surface area contributed by atoms with Crippen molar-refractivity contribution in [1.29, 1.82) is 0 Å². The minimum absolute atomic E-state index is 0.187. The summed E-state index contributed by atoms with van der Waals surface area (Å²) < 4.78 is 1.08. The Morgan fingerprint density at radius 3 is 2.40 bits per heavy atom. The molecule has 0 saturated carbocycles. The van der Waals surface area contributed by atoms with Crippen molar-refractivity contribution in [2.24, 2.45) is 0 Å². The summed E-state index contributed by atoms with van der Waals surface area (Å²) in [4.78, 5) is 8.90. The van der Waals surface area contributed by atoms with Gasteiger partial charge in [0.15, 0.2) is 0 Å². The van der Waals surface area contributed by atoms with Crippen molar-refractivity contribution in [2.45, 2.75) is 26.3 Å². The van der Waals surface area contributed by atoms with Gasteiger partial charge in [-0.3, -0.25) is 0 Å². The molecule has 2 N–H and O–H groups in total. The van der Waals surface area contributed by atoms with Gasteiger partial charge >= 0.3 is 0 Å². The van der Waals surface area contributed by atoms with Crippen LogP contribution in [0.4, 0.5) is 11.6 Å². The topological polar surface area (TPSA) is 49.8 Å². The van der Waals surface area contributed by atoms with E-state index in [0.717, 1.165) is 28.4 Å². The van der Waals surface area contributed by atoms with Gasteiger partial charge in [0.25, 0.3) is 0 Å². The van der Waals surface area contributed by atoms with E-state index in [9.17, 15) is 0 Å². The van der Waals surface area contributed by atoms with E-state index < -0.39 is 0 Å². The fourth-order valence-corrected chi connectivity index (χ4v) is 2.18. The van der Waals surface area contributed by atoms with Crippen LogP contribution in [-0.2, 0) is 6.42 Å². The van der Waals surface area contributed by atoms with E-state index in [1.807, 2.05) is 25.2 Å². The molecule has 0 aliphatic heterocycles. The van der Waals surface area contributed by atoms with Gasteiger partial charge < -0.3 is 10.6 Å². The van der Waals surface area contributed by atoms with Gasteiger partial charge in [-0.05, 0) is 24.6 Å². The van der Waals surface area contributed by atoms with Crippen LogP contribution in [0, 0.1) is 0 Å². The van der Waals surface area contributed by atoms with Gasteiger partial charge in [0.2, 0.25) is 0 Å². The number of nitrogens with one attached hydrogen (secondary N) is 2. The first-order valence-corrected chi connectivity index (χ1v) is 7.49. The largest absolute Gasteiger partial charge is 0.373 e. The van der Waals surface area contributed by atoms with Crippen LogP contribution >= 0.6 is 15.9 Å². The molecule has 1 aromatic heterocycles. The molecule has 0 bridgehead atoms. The lowest BCUT2D eigenvalue weighted by Crippen LogP contribution is -2.10. The second-order valence-electron chi connectivity index (χ2n) is 4.58. The minimum atomic E-state index is 0.187. The maximum absolute atomic E-state index is 4.51. The lowest BCUT2D eigenvalue weighted by atomic mass is 10.1. The number of benzene rings is 1. The standard InChI is InChI=1S/C15H19BrN4/c1-4-13-19-14(17-3)9-15(20-13)18-10(2)11-5-7-12(16)8-6-11/h5-10H,4H2,1-3H3,(H2,17,18,19,20). The van der Waals surface area contributed by atoms with Gasteiger partial charge in [-0.25, -0.2) is 9.97 Å². The van der Waals surface area contributed by atoms with E-state index in [0.29, 0.717) is 0 Å². The minimum Gasteiger partial charge on any atom is -0.373 e. The second kappa shape index (κ2) is 6.70. The maximum Gasteiger partial charge on any atom is 0.132 e. The van der Waals surface area contributed by atoms with E-state index in [-0.39, 0.29) is 6.04 Å². The van der Waals surface area contributed by atoms with Gasteiger partial charge in [0.05, 0.1) is 0 Å². The van der Waals surface area contributed by atoms with Gasteiger partial charge in [-0.1, -0.05) is 35.0 Å². The fourth-order valence-electron chi connectivity index (χ4n) is 1.91. The number of nitrogens with zero attached hydrogens (tertiary/aromatic N) is 2. The van der Waals surface area contributed by atoms with Crippen molar-refractivity contribution in [2.75, 3.05) is 17.7 Å².